The average molecular weight is 274 g/mol. The van der Waals surface area contributed by atoms with Crippen LogP contribution >= 0.6 is 0 Å². The molecule has 0 fully saturated rings. The van der Waals surface area contributed by atoms with Crippen molar-refractivity contribution in [3.05, 3.63) is 36.2 Å². The molecule has 0 aliphatic heterocycles. The van der Waals surface area contributed by atoms with Gasteiger partial charge in [0.05, 0.1) is 24.2 Å². The van der Waals surface area contributed by atoms with E-state index in [-0.39, 0.29) is 12.5 Å². The molecule has 0 unspecified atom stereocenters. The molecule has 0 saturated carbocycles. The molecule has 1 heterocycles. The average Bonchev–Trinajstić information content (AvgIpc) is 2.83. The van der Waals surface area contributed by atoms with Gasteiger partial charge in [-0.2, -0.15) is 0 Å². The van der Waals surface area contributed by atoms with E-state index in [9.17, 15) is 4.79 Å². The largest absolute Gasteiger partial charge is 0.491 e. The van der Waals surface area contributed by atoms with Crippen LogP contribution in [0.15, 0.2) is 30.5 Å². The van der Waals surface area contributed by atoms with Gasteiger partial charge < -0.3 is 10.1 Å². The number of para-hydroxylation sites is 2. The zero-order valence-electron chi connectivity index (χ0n) is 11.7. The number of nitrogens with zero attached hydrogens (tertiary/aromatic N) is 3. The number of rotatable bonds is 6. The summed E-state index contributed by atoms with van der Waals surface area (Å²) in [7, 11) is 0. The van der Waals surface area contributed by atoms with Gasteiger partial charge in [-0.25, -0.2) is 4.68 Å². The summed E-state index contributed by atoms with van der Waals surface area (Å²) in [5.74, 6) is 0.518. The lowest BCUT2D eigenvalue weighted by molar-refractivity contribution is -0.117. The van der Waals surface area contributed by atoms with Crippen molar-refractivity contribution < 1.29 is 9.53 Å². The molecule has 1 aromatic carbocycles. The fourth-order valence-corrected chi connectivity index (χ4v) is 1.70. The van der Waals surface area contributed by atoms with Crippen LogP contribution in [0.3, 0.4) is 0 Å². The minimum Gasteiger partial charge on any atom is -0.491 e. The Bertz CT molecular complexity index is 580. The van der Waals surface area contributed by atoms with E-state index < -0.39 is 0 Å². The molecule has 2 rings (SSSR count). The van der Waals surface area contributed by atoms with Crippen molar-refractivity contribution in [1.82, 2.24) is 15.0 Å². The number of aromatic nitrogens is 3. The minimum absolute atomic E-state index is 0.133. The van der Waals surface area contributed by atoms with E-state index in [1.54, 1.807) is 10.9 Å². The first kappa shape index (κ1) is 14.0. The third-order valence-corrected chi connectivity index (χ3v) is 2.73. The molecule has 1 aromatic heterocycles. The summed E-state index contributed by atoms with van der Waals surface area (Å²) < 4.78 is 7.14. The van der Waals surface area contributed by atoms with E-state index in [0.717, 1.165) is 12.1 Å². The smallest absolute Gasteiger partial charge is 0.246 e. The van der Waals surface area contributed by atoms with Gasteiger partial charge >= 0.3 is 0 Å². The standard InChI is InChI=1S/C14H18N4O2/c1-3-8-20-13-7-5-4-6-12(13)16-14(19)10-18-11(2)9-15-17-18/h4-7,9H,3,8,10H2,1-2H3,(H,16,19). The SMILES string of the molecule is CCCOc1ccccc1NC(=O)Cn1nncc1C. The van der Waals surface area contributed by atoms with Gasteiger partial charge in [0.25, 0.3) is 0 Å². The summed E-state index contributed by atoms with van der Waals surface area (Å²) in [5, 5.41) is 10.4. The Kier molecular flexibility index (Phi) is 4.70. The molecule has 0 aliphatic rings. The van der Waals surface area contributed by atoms with Gasteiger partial charge in [-0.15, -0.1) is 5.10 Å². The Hall–Kier alpha value is -2.37. The Morgan fingerprint density at radius 1 is 1.40 bits per heavy atom. The van der Waals surface area contributed by atoms with Crippen LogP contribution in [0.1, 0.15) is 19.0 Å². The van der Waals surface area contributed by atoms with Gasteiger partial charge in [0.1, 0.15) is 12.3 Å². The predicted molar refractivity (Wildman–Crippen MR) is 75.6 cm³/mol. The molecule has 0 saturated heterocycles. The maximum absolute atomic E-state index is 12.0. The molecular formula is C14H18N4O2. The molecule has 0 radical (unpaired) electrons. The second-order valence-corrected chi connectivity index (χ2v) is 4.43. The van der Waals surface area contributed by atoms with Crippen molar-refractivity contribution in [3.8, 4) is 5.75 Å². The molecule has 1 N–H and O–H groups in total. The summed E-state index contributed by atoms with van der Waals surface area (Å²) in [5.41, 5.74) is 1.51. The van der Waals surface area contributed by atoms with Crippen molar-refractivity contribution in [2.75, 3.05) is 11.9 Å². The number of nitrogens with one attached hydrogen (secondary N) is 1. The molecule has 106 valence electrons. The molecule has 6 heteroatoms. The number of benzene rings is 1. The van der Waals surface area contributed by atoms with Gasteiger partial charge in [-0.3, -0.25) is 4.79 Å². The molecule has 0 bridgehead atoms. The number of aryl methyl sites for hydroxylation is 1. The van der Waals surface area contributed by atoms with Crippen LogP contribution in [0.2, 0.25) is 0 Å². The number of amides is 1. The first-order valence-corrected chi connectivity index (χ1v) is 6.57. The predicted octanol–water partition coefficient (Wildman–Crippen LogP) is 2.01. The third kappa shape index (κ3) is 3.57. The second-order valence-electron chi connectivity index (χ2n) is 4.43. The second kappa shape index (κ2) is 6.70. The third-order valence-electron chi connectivity index (χ3n) is 2.73. The van der Waals surface area contributed by atoms with Gasteiger partial charge in [0.2, 0.25) is 5.91 Å². The van der Waals surface area contributed by atoms with E-state index in [1.807, 2.05) is 38.1 Å². The Balaban J connectivity index is 2.02. The van der Waals surface area contributed by atoms with E-state index in [2.05, 4.69) is 15.6 Å². The maximum atomic E-state index is 12.0. The van der Waals surface area contributed by atoms with Crippen LogP contribution < -0.4 is 10.1 Å². The number of hydrogen-bond donors (Lipinski definition) is 1. The highest BCUT2D eigenvalue weighted by Gasteiger charge is 2.09. The molecular weight excluding hydrogens is 256 g/mol. The van der Waals surface area contributed by atoms with E-state index in [0.29, 0.717) is 18.0 Å². The lowest BCUT2D eigenvalue weighted by Crippen LogP contribution is -2.20. The number of anilines is 1. The van der Waals surface area contributed by atoms with Crippen molar-refractivity contribution in [2.45, 2.75) is 26.8 Å². The summed E-state index contributed by atoms with van der Waals surface area (Å²) in [6, 6.07) is 7.39. The highest BCUT2D eigenvalue weighted by molar-refractivity contribution is 5.92. The van der Waals surface area contributed by atoms with E-state index >= 15 is 0 Å². The van der Waals surface area contributed by atoms with E-state index in [1.165, 1.54) is 0 Å². The van der Waals surface area contributed by atoms with Crippen LogP contribution in [0.25, 0.3) is 0 Å². The van der Waals surface area contributed by atoms with Gasteiger partial charge in [0.15, 0.2) is 0 Å². The summed E-state index contributed by atoms with van der Waals surface area (Å²) in [6.45, 7) is 4.64. The van der Waals surface area contributed by atoms with Crippen molar-refractivity contribution in [1.29, 1.82) is 0 Å². The Morgan fingerprint density at radius 2 is 2.20 bits per heavy atom. The maximum Gasteiger partial charge on any atom is 0.246 e. The first-order valence-electron chi connectivity index (χ1n) is 6.57. The monoisotopic (exact) mass is 274 g/mol. The number of carbonyl (C=O) groups is 1. The quantitative estimate of drug-likeness (QED) is 0.875. The van der Waals surface area contributed by atoms with Gasteiger partial charge in [0, 0.05) is 0 Å². The van der Waals surface area contributed by atoms with Crippen LogP contribution in [0, 0.1) is 6.92 Å². The summed E-state index contributed by atoms with van der Waals surface area (Å²) in [6.07, 6.45) is 2.53. The molecule has 0 aliphatic carbocycles. The fraction of sp³-hybridized carbons (Fsp3) is 0.357. The van der Waals surface area contributed by atoms with E-state index in [4.69, 9.17) is 4.74 Å². The van der Waals surface area contributed by atoms with Crippen LogP contribution in [0.4, 0.5) is 5.69 Å². The van der Waals surface area contributed by atoms with Crippen LogP contribution in [-0.2, 0) is 11.3 Å². The summed E-state index contributed by atoms with van der Waals surface area (Å²) >= 11 is 0. The highest BCUT2D eigenvalue weighted by Crippen LogP contribution is 2.23. The molecule has 2 aromatic rings. The van der Waals surface area contributed by atoms with Crippen molar-refractivity contribution in [2.24, 2.45) is 0 Å². The normalized spacial score (nSPS) is 10.3. The van der Waals surface area contributed by atoms with Gasteiger partial charge in [-0.1, -0.05) is 24.3 Å². The van der Waals surface area contributed by atoms with Crippen molar-refractivity contribution in [3.63, 3.8) is 0 Å². The number of carbonyl (C=O) groups excluding carboxylic acids is 1. The topological polar surface area (TPSA) is 69.0 Å². The first-order chi connectivity index (χ1) is 9.70. The van der Waals surface area contributed by atoms with Crippen LogP contribution in [0.5, 0.6) is 5.75 Å². The summed E-state index contributed by atoms with van der Waals surface area (Å²) in [4.78, 5) is 12.0. The lowest BCUT2D eigenvalue weighted by atomic mass is 10.3. The van der Waals surface area contributed by atoms with Gasteiger partial charge in [-0.05, 0) is 25.5 Å². The molecule has 20 heavy (non-hydrogen) atoms. The highest BCUT2D eigenvalue weighted by atomic mass is 16.5. The lowest BCUT2D eigenvalue weighted by Gasteiger charge is -2.12. The Labute approximate surface area is 117 Å². The fourth-order valence-electron chi connectivity index (χ4n) is 1.70. The van der Waals surface area contributed by atoms with Crippen molar-refractivity contribution >= 4 is 11.6 Å². The molecule has 1 amide bonds. The molecule has 0 atom stereocenters. The molecule has 0 spiro atoms. The number of ether oxygens (including phenoxy) is 1. The van der Waals surface area contributed by atoms with Crippen LogP contribution in [-0.4, -0.2) is 27.5 Å². The zero-order valence-corrected chi connectivity index (χ0v) is 11.7. The zero-order chi connectivity index (χ0) is 14.4. The molecule has 6 nitrogen and oxygen atoms in total. The number of hydrogen-bond acceptors (Lipinski definition) is 4. The Morgan fingerprint density at radius 3 is 2.90 bits per heavy atom. The minimum atomic E-state index is -0.161.